The number of piperidine rings is 1. The van der Waals surface area contributed by atoms with Crippen molar-refractivity contribution in [1.29, 1.82) is 0 Å². The summed E-state index contributed by atoms with van der Waals surface area (Å²) in [5.74, 6) is 0.486. The monoisotopic (exact) mass is 126 g/mol. The first-order chi connectivity index (χ1) is 4.27. The molecule has 1 saturated carbocycles. The largest absolute Gasteiger partial charge is 0.303 e. The minimum Gasteiger partial charge on any atom is -0.303 e. The number of rotatable bonds is 0. The highest BCUT2D eigenvalue weighted by atomic mass is 16.3. The summed E-state index contributed by atoms with van der Waals surface area (Å²) < 4.78 is 0. The van der Waals surface area contributed by atoms with Crippen LogP contribution >= 0.6 is 0 Å². The second-order valence-corrected chi connectivity index (χ2v) is 3.36. The van der Waals surface area contributed by atoms with E-state index in [2.05, 4.69) is 11.9 Å². The molecule has 9 heavy (non-hydrogen) atoms. The molecule has 1 aliphatic heterocycles. The SMILES string of the molecule is CN1CC2CC1CC2[O]. The number of hydrogen-bond acceptors (Lipinski definition) is 1. The van der Waals surface area contributed by atoms with Crippen LogP contribution in [0.3, 0.4) is 0 Å². The molecule has 2 fully saturated rings. The molecule has 0 N–H and O–H groups in total. The number of fused-ring (bicyclic) bond motifs is 2. The van der Waals surface area contributed by atoms with E-state index in [4.69, 9.17) is 0 Å². The quantitative estimate of drug-likeness (QED) is 0.464. The summed E-state index contributed by atoms with van der Waals surface area (Å²) in [6.07, 6.45) is 1.84. The van der Waals surface area contributed by atoms with E-state index in [1.807, 2.05) is 0 Å². The second-order valence-electron chi connectivity index (χ2n) is 3.36. The average Bonchev–Trinajstić information content (AvgIpc) is 2.24. The maximum Gasteiger partial charge on any atom is 0.0985 e. The van der Waals surface area contributed by atoms with E-state index in [1.165, 1.54) is 6.42 Å². The molecule has 0 aromatic heterocycles. The molecule has 51 valence electrons. The highest BCUT2D eigenvalue weighted by Gasteiger charge is 2.42. The number of hydrogen-bond donors (Lipinski definition) is 0. The summed E-state index contributed by atoms with van der Waals surface area (Å²) in [4.78, 5) is 2.32. The zero-order chi connectivity index (χ0) is 6.43. The molecule has 2 bridgehead atoms. The number of nitrogens with zero attached hydrogens (tertiary/aromatic N) is 1. The summed E-state index contributed by atoms with van der Waals surface area (Å²) in [7, 11) is 2.12. The van der Waals surface area contributed by atoms with Gasteiger partial charge in [-0.2, -0.15) is 0 Å². The fraction of sp³-hybridized carbons (Fsp3) is 1.00. The smallest absolute Gasteiger partial charge is 0.0985 e. The molecule has 3 unspecified atom stereocenters. The van der Waals surface area contributed by atoms with Gasteiger partial charge < -0.3 is 4.90 Å². The summed E-state index contributed by atoms with van der Waals surface area (Å²) in [5, 5.41) is 11.0. The Morgan fingerprint density at radius 1 is 1.44 bits per heavy atom. The Morgan fingerprint density at radius 2 is 2.22 bits per heavy atom. The molecule has 0 aromatic rings. The van der Waals surface area contributed by atoms with Gasteiger partial charge >= 0.3 is 0 Å². The van der Waals surface area contributed by atoms with Crippen LogP contribution in [0.25, 0.3) is 0 Å². The predicted molar refractivity (Wildman–Crippen MR) is 33.6 cm³/mol. The summed E-state index contributed by atoms with van der Waals surface area (Å²) in [5.41, 5.74) is 0. The third kappa shape index (κ3) is 0.700. The molecule has 1 aliphatic carbocycles. The minimum atomic E-state index is -0.230. The lowest BCUT2D eigenvalue weighted by atomic mass is 10.1. The van der Waals surface area contributed by atoms with Crippen LogP contribution in [-0.4, -0.2) is 30.6 Å². The number of likely N-dealkylation sites (tertiary alicyclic amines) is 1. The van der Waals surface area contributed by atoms with Gasteiger partial charge in [0.1, 0.15) is 0 Å². The maximum atomic E-state index is 11.0. The molecule has 0 aromatic carbocycles. The van der Waals surface area contributed by atoms with Crippen molar-refractivity contribution < 1.29 is 5.11 Å². The summed E-state index contributed by atoms with van der Waals surface area (Å²) >= 11 is 0. The predicted octanol–water partition coefficient (Wildman–Crippen LogP) is 0.510. The molecule has 1 saturated heterocycles. The fourth-order valence-corrected chi connectivity index (χ4v) is 2.13. The molecule has 0 amide bonds. The van der Waals surface area contributed by atoms with E-state index in [0.717, 1.165) is 13.0 Å². The van der Waals surface area contributed by atoms with Crippen molar-refractivity contribution >= 4 is 0 Å². The highest BCUT2D eigenvalue weighted by Crippen LogP contribution is 2.36. The van der Waals surface area contributed by atoms with Gasteiger partial charge in [0, 0.05) is 18.5 Å². The van der Waals surface area contributed by atoms with Crippen LogP contribution in [0.5, 0.6) is 0 Å². The van der Waals surface area contributed by atoms with E-state index in [9.17, 15) is 5.11 Å². The Morgan fingerprint density at radius 3 is 2.56 bits per heavy atom. The van der Waals surface area contributed by atoms with E-state index >= 15 is 0 Å². The van der Waals surface area contributed by atoms with Crippen molar-refractivity contribution in [3.8, 4) is 0 Å². The Hall–Kier alpha value is -0.0800. The van der Waals surface area contributed by atoms with Gasteiger partial charge in [-0.3, -0.25) is 0 Å². The molecule has 0 spiro atoms. The van der Waals surface area contributed by atoms with Crippen LogP contribution in [0.4, 0.5) is 0 Å². The zero-order valence-corrected chi connectivity index (χ0v) is 5.71. The van der Waals surface area contributed by atoms with Crippen LogP contribution in [-0.2, 0) is 5.11 Å². The third-order valence-electron chi connectivity index (χ3n) is 2.75. The Balaban J connectivity index is 2.10. The molecular formula is C7H12NO. The van der Waals surface area contributed by atoms with E-state index in [1.54, 1.807) is 0 Å². The Labute approximate surface area is 55.5 Å². The van der Waals surface area contributed by atoms with Crippen molar-refractivity contribution in [2.24, 2.45) is 5.92 Å². The molecule has 1 heterocycles. The van der Waals surface area contributed by atoms with Crippen molar-refractivity contribution in [2.75, 3.05) is 13.6 Å². The molecule has 2 heteroatoms. The standard InChI is InChI=1S/C7H12NO/c1-8-4-5-2-6(8)3-7(5)9/h5-7H,2-4H2,1H3. The molecule has 1 radical (unpaired) electrons. The lowest BCUT2D eigenvalue weighted by molar-refractivity contribution is 0.0250. The van der Waals surface area contributed by atoms with Crippen molar-refractivity contribution in [2.45, 2.75) is 25.0 Å². The van der Waals surface area contributed by atoms with Crippen LogP contribution in [0.2, 0.25) is 0 Å². The van der Waals surface area contributed by atoms with Gasteiger partial charge in [0.05, 0.1) is 6.10 Å². The minimum absolute atomic E-state index is 0.230. The van der Waals surface area contributed by atoms with Crippen molar-refractivity contribution in [3.05, 3.63) is 0 Å². The van der Waals surface area contributed by atoms with Crippen LogP contribution < -0.4 is 0 Å². The first-order valence-corrected chi connectivity index (χ1v) is 3.63. The van der Waals surface area contributed by atoms with Crippen LogP contribution in [0, 0.1) is 5.92 Å². The second kappa shape index (κ2) is 1.70. The van der Waals surface area contributed by atoms with Gasteiger partial charge in [-0.05, 0) is 19.9 Å². The molecule has 2 nitrogen and oxygen atoms in total. The summed E-state index contributed by atoms with van der Waals surface area (Å²) in [6.45, 7) is 1.05. The van der Waals surface area contributed by atoms with Gasteiger partial charge in [0.2, 0.25) is 0 Å². The first kappa shape index (κ1) is 5.69. The van der Waals surface area contributed by atoms with Gasteiger partial charge in [-0.25, -0.2) is 5.11 Å². The third-order valence-corrected chi connectivity index (χ3v) is 2.75. The average molecular weight is 126 g/mol. The van der Waals surface area contributed by atoms with Crippen LogP contribution in [0.15, 0.2) is 0 Å². The Kier molecular flexibility index (Phi) is 1.08. The fourth-order valence-electron chi connectivity index (χ4n) is 2.13. The first-order valence-electron chi connectivity index (χ1n) is 3.63. The molecule has 2 rings (SSSR count). The molecule has 3 atom stereocenters. The van der Waals surface area contributed by atoms with E-state index in [0.29, 0.717) is 12.0 Å². The van der Waals surface area contributed by atoms with E-state index < -0.39 is 0 Å². The van der Waals surface area contributed by atoms with Gasteiger partial charge in [0.15, 0.2) is 0 Å². The lowest BCUT2D eigenvalue weighted by Crippen LogP contribution is -2.33. The summed E-state index contributed by atoms with van der Waals surface area (Å²) in [6, 6.07) is 0.637. The van der Waals surface area contributed by atoms with Crippen LogP contribution in [0.1, 0.15) is 12.8 Å². The van der Waals surface area contributed by atoms with Gasteiger partial charge in [-0.1, -0.05) is 0 Å². The van der Waals surface area contributed by atoms with Gasteiger partial charge in [-0.15, -0.1) is 0 Å². The lowest BCUT2D eigenvalue weighted by Gasteiger charge is -2.23. The molecule has 2 aliphatic rings. The van der Waals surface area contributed by atoms with Crippen molar-refractivity contribution in [3.63, 3.8) is 0 Å². The van der Waals surface area contributed by atoms with E-state index in [-0.39, 0.29) is 6.10 Å². The van der Waals surface area contributed by atoms with Crippen molar-refractivity contribution in [1.82, 2.24) is 4.90 Å². The van der Waals surface area contributed by atoms with Gasteiger partial charge in [0.25, 0.3) is 0 Å². The zero-order valence-electron chi connectivity index (χ0n) is 5.71. The normalized spacial score (nSPS) is 50.7. The Bertz CT molecular complexity index is 108. The topological polar surface area (TPSA) is 23.1 Å². The maximum absolute atomic E-state index is 11.0. The highest BCUT2D eigenvalue weighted by molar-refractivity contribution is 4.95. The molecular weight excluding hydrogens is 114 g/mol.